The molecule has 0 radical (unpaired) electrons. The Balaban J connectivity index is 1.98. The number of nitrogens with one attached hydrogen (secondary N) is 2. The van der Waals surface area contributed by atoms with Crippen molar-refractivity contribution in [2.75, 3.05) is 19.0 Å². The third-order valence-electron chi connectivity index (χ3n) is 3.35. The molecule has 0 aromatic heterocycles. The number of methoxy groups -OCH3 is 1. The van der Waals surface area contributed by atoms with E-state index in [1.54, 1.807) is 0 Å². The number of hydrogen-bond acceptors (Lipinski definition) is 3. The highest BCUT2D eigenvalue weighted by Gasteiger charge is 2.29. The van der Waals surface area contributed by atoms with Gasteiger partial charge < -0.3 is 20.1 Å². The third kappa shape index (κ3) is 6.19. The number of alkyl halides is 3. The van der Waals surface area contributed by atoms with E-state index >= 15 is 0 Å². The Labute approximate surface area is 149 Å². The molecular formula is C18H19F3N2O3. The Morgan fingerprint density at radius 2 is 1.88 bits per heavy atom. The fourth-order valence-electron chi connectivity index (χ4n) is 2.21. The van der Waals surface area contributed by atoms with Gasteiger partial charge in [0, 0.05) is 18.3 Å². The lowest BCUT2D eigenvalue weighted by Crippen LogP contribution is -2.28. The molecule has 2 N–H and O–H groups in total. The van der Waals surface area contributed by atoms with Crippen LogP contribution >= 0.6 is 0 Å². The van der Waals surface area contributed by atoms with Crippen molar-refractivity contribution in [2.45, 2.75) is 19.6 Å². The smallest absolute Gasteiger partial charge is 0.422 e. The van der Waals surface area contributed by atoms with Gasteiger partial charge in [-0.3, -0.25) is 0 Å². The van der Waals surface area contributed by atoms with Gasteiger partial charge in [0.15, 0.2) is 18.1 Å². The van der Waals surface area contributed by atoms with Crippen LogP contribution in [0.1, 0.15) is 11.1 Å². The summed E-state index contributed by atoms with van der Waals surface area (Å²) in [6.45, 7) is 0.816. The van der Waals surface area contributed by atoms with Gasteiger partial charge in [0.1, 0.15) is 0 Å². The molecule has 2 rings (SSSR count). The van der Waals surface area contributed by atoms with Crippen LogP contribution in [0.25, 0.3) is 0 Å². The molecule has 2 aromatic carbocycles. The Hall–Kier alpha value is -2.90. The van der Waals surface area contributed by atoms with Gasteiger partial charge in [-0.2, -0.15) is 13.2 Å². The van der Waals surface area contributed by atoms with Crippen LogP contribution in [-0.2, 0) is 6.54 Å². The van der Waals surface area contributed by atoms with Crippen LogP contribution in [0, 0.1) is 6.92 Å². The number of benzene rings is 2. The summed E-state index contributed by atoms with van der Waals surface area (Å²) >= 11 is 0. The molecule has 0 unspecified atom stereocenters. The number of carbonyl (C=O) groups is 1. The highest BCUT2D eigenvalue weighted by molar-refractivity contribution is 5.89. The molecule has 2 aromatic rings. The number of aryl methyl sites for hydroxylation is 1. The predicted octanol–water partition coefficient (Wildman–Crippen LogP) is 4.27. The second-order valence-corrected chi connectivity index (χ2v) is 5.57. The zero-order valence-corrected chi connectivity index (χ0v) is 14.3. The summed E-state index contributed by atoms with van der Waals surface area (Å²) in [4.78, 5) is 12.0. The van der Waals surface area contributed by atoms with E-state index in [0.29, 0.717) is 6.54 Å². The van der Waals surface area contributed by atoms with Gasteiger partial charge in [0.25, 0.3) is 0 Å². The zero-order chi connectivity index (χ0) is 19.2. The van der Waals surface area contributed by atoms with Crippen LogP contribution in [0.4, 0.5) is 23.7 Å². The molecule has 2 amide bonds. The summed E-state index contributed by atoms with van der Waals surface area (Å²) in [7, 11) is 1.32. The van der Waals surface area contributed by atoms with Crippen LogP contribution in [-0.4, -0.2) is 25.9 Å². The molecule has 0 aliphatic heterocycles. The monoisotopic (exact) mass is 368 g/mol. The van der Waals surface area contributed by atoms with Crippen molar-refractivity contribution in [2.24, 2.45) is 0 Å². The molecule has 5 nitrogen and oxygen atoms in total. The second-order valence-electron chi connectivity index (χ2n) is 5.57. The number of rotatable bonds is 6. The molecular weight excluding hydrogens is 349 g/mol. The van der Waals surface area contributed by atoms with Gasteiger partial charge in [-0.05, 0) is 24.6 Å². The van der Waals surface area contributed by atoms with Crippen LogP contribution in [0.5, 0.6) is 11.5 Å². The van der Waals surface area contributed by atoms with Gasteiger partial charge >= 0.3 is 12.2 Å². The van der Waals surface area contributed by atoms with Crippen molar-refractivity contribution >= 4 is 11.7 Å². The predicted molar refractivity (Wildman–Crippen MR) is 91.6 cm³/mol. The molecule has 0 aliphatic carbocycles. The highest BCUT2D eigenvalue weighted by atomic mass is 19.4. The van der Waals surface area contributed by atoms with E-state index in [1.807, 2.05) is 31.2 Å². The fourth-order valence-corrected chi connectivity index (χ4v) is 2.21. The van der Waals surface area contributed by atoms with E-state index in [0.717, 1.165) is 11.1 Å². The Morgan fingerprint density at radius 1 is 1.12 bits per heavy atom. The van der Waals surface area contributed by atoms with Crippen molar-refractivity contribution in [1.82, 2.24) is 5.32 Å². The molecule has 8 heteroatoms. The standard InChI is InChI=1S/C18H19F3N2O3/c1-12-4-3-5-13(8-12)10-22-17(24)23-14-6-7-15(25-2)16(9-14)26-11-18(19,20)21/h3-9H,10-11H2,1-2H3,(H2,22,23,24). The van der Waals surface area contributed by atoms with Crippen molar-refractivity contribution in [3.05, 3.63) is 53.6 Å². The first-order valence-electron chi connectivity index (χ1n) is 7.75. The molecule has 0 atom stereocenters. The summed E-state index contributed by atoms with van der Waals surface area (Å²) in [6.07, 6.45) is -4.47. The molecule has 26 heavy (non-hydrogen) atoms. The van der Waals surface area contributed by atoms with E-state index in [2.05, 4.69) is 10.6 Å². The number of amides is 2. The molecule has 0 fully saturated rings. The number of carbonyl (C=O) groups excluding carboxylic acids is 1. The lowest BCUT2D eigenvalue weighted by Gasteiger charge is -2.14. The number of ether oxygens (including phenoxy) is 2. The van der Waals surface area contributed by atoms with Crippen molar-refractivity contribution in [3.63, 3.8) is 0 Å². The van der Waals surface area contributed by atoms with Crippen LogP contribution in [0.15, 0.2) is 42.5 Å². The average molecular weight is 368 g/mol. The summed E-state index contributed by atoms with van der Waals surface area (Å²) in [5, 5.41) is 5.23. The lowest BCUT2D eigenvalue weighted by atomic mass is 10.1. The van der Waals surface area contributed by atoms with Crippen molar-refractivity contribution in [1.29, 1.82) is 0 Å². The average Bonchev–Trinajstić information content (AvgIpc) is 2.58. The van der Waals surface area contributed by atoms with Crippen LogP contribution < -0.4 is 20.1 Å². The molecule has 0 spiro atoms. The fraction of sp³-hybridized carbons (Fsp3) is 0.278. The SMILES string of the molecule is COc1ccc(NC(=O)NCc2cccc(C)c2)cc1OCC(F)(F)F. The third-order valence-corrected chi connectivity index (χ3v) is 3.35. The van der Waals surface area contributed by atoms with Gasteiger partial charge in [-0.15, -0.1) is 0 Å². The molecule has 140 valence electrons. The minimum absolute atomic E-state index is 0.110. The van der Waals surface area contributed by atoms with E-state index in [4.69, 9.17) is 9.47 Å². The second kappa shape index (κ2) is 8.46. The summed E-state index contributed by atoms with van der Waals surface area (Å²) in [5.41, 5.74) is 2.29. The normalized spacial score (nSPS) is 11.0. The van der Waals surface area contributed by atoms with Gasteiger partial charge in [-0.25, -0.2) is 4.79 Å². The number of urea groups is 1. The summed E-state index contributed by atoms with van der Waals surface area (Å²) < 4.78 is 46.7. The maximum atomic E-state index is 12.3. The van der Waals surface area contributed by atoms with Crippen molar-refractivity contribution in [3.8, 4) is 11.5 Å². The first-order chi connectivity index (χ1) is 12.3. The number of halogens is 3. The maximum Gasteiger partial charge on any atom is 0.422 e. The summed E-state index contributed by atoms with van der Waals surface area (Å²) in [5.74, 6) is 0.0290. The topological polar surface area (TPSA) is 59.6 Å². The van der Waals surface area contributed by atoms with Crippen LogP contribution in [0.3, 0.4) is 0 Å². The highest BCUT2D eigenvalue weighted by Crippen LogP contribution is 2.31. The maximum absolute atomic E-state index is 12.3. The van der Waals surface area contributed by atoms with E-state index < -0.39 is 18.8 Å². The van der Waals surface area contributed by atoms with Gasteiger partial charge in [-0.1, -0.05) is 29.8 Å². The number of hydrogen-bond donors (Lipinski definition) is 2. The quantitative estimate of drug-likeness (QED) is 0.801. The Morgan fingerprint density at radius 3 is 2.54 bits per heavy atom. The molecule has 0 aliphatic rings. The Bertz CT molecular complexity index is 764. The minimum Gasteiger partial charge on any atom is -0.493 e. The minimum atomic E-state index is -4.47. The molecule has 0 saturated carbocycles. The summed E-state index contributed by atoms with van der Waals surface area (Å²) in [6, 6.07) is 11.4. The van der Waals surface area contributed by atoms with E-state index in [1.165, 1.54) is 25.3 Å². The zero-order valence-electron chi connectivity index (χ0n) is 14.3. The van der Waals surface area contributed by atoms with E-state index in [-0.39, 0.29) is 17.2 Å². The van der Waals surface area contributed by atoms with Gasteiger partial charge in [0.05, 0.1) is 7.11 Å². The van der Waals surface area contributed by atoms with Crippen LogP contribution in [0.2, 0.25) is 0 Å². The Kier molecular flexibility index (Phi) is 6.32. The molecule has 0 bridgehead atoms. The molecule has 0 saturated heterocycles. The first kappa shape index (κ1) is 19.4. The number of anilines is 1. The largest absolute Gasteiger partial charge is 0.493 e. The van der Waals surface area contributed by atoms with E-state index in [9.17, 15) is 18.0 Å². The van der Waals surface area contributed by atoms with Crippen molar-refractivity contribution < 1.29 is 27.4 Å². The molecule has 0 heterocycles. The lowest BCUT2D eigenvalue weighted by molar-refractivity contribution is -0.153. The van der Waals surface area contributed by atoms with Gasteiger partial charge in [0.2, 0.25) is 0 Å². The first-order valence-corrected chi connectivity index (χ1v) is 7.75.